The molecule has 1 amide bonds. The van der Waals surface area contributed by atoms with Gasteiger partial charge >= 0.3 is 11.9 Å². The molecule has 2 heterocycles. The van der Waals surface area contributed by atoms with E-state index in [1.807, 2.05) is 0 Å². The molecule has 1 fully saturated rings. The minimum Gasteiger partial charge on any atom is -0.480 e. The number of piperidine rings is 1. The molecule has 2 aliphatic heterocycles. The smallest absolute Gasteiger partial charge is 0.336 e. The predicted molar refractivity (Wildman–Crippen MR) is 135 cm³/mol. The quantitative estimate of drug-likeness (QED) is 0.209. The van der Waals surface area contributed by atoms with E-state index < -0.39 is 23.4 Å². The first kappa shape index (κ1) is 24.0. The number of nitrogens with two attached hydrogens (primary N) is 2. The number of nitrogens with one attached hydrogen (secondary N) is 1. The Morgan fingerprint density at radius 2 is 1.65 bits per heavy atom. The monoisotopic (exact) mass is 500 g/mol. The summed E-state index contributed by atoms with van der Waals surface area (Å²) in [7, 11) is 0. The molecule has 0 radical (unpaired) electrons. The van der Waals surface area contributed by atoms with Gasteiger partial charge in [-0.25, -0.2) is 4.79 Å². The minimum atomic E-state index is -1.38. The summed E-state index contributed by atoms with van der Waals surface area (Å²) in [4.78, 5) is 38.5. The van der Waals surface area contributed by atoms with Crippen LogP contribution in [0.4, 0.5) is 5.69 Å². The Bertz CT molecular complexity index is 1620. The van der Waals surface area contributed by atoms with Gasteiger partial charge in [-0.1, -0.05) is 6.07 Å². The molecule has 0 saturated carbocycles. The summed E-state index contributed by atoms with van der Waals surface area (Å²) < 4.78 is 5.99. The molecule has 1 saturated heterocycles. The van der Waals surface area contributed by atoms with Crippen molar-refractivity contribution in [3.05, 3.63) is 71.1 Å². The van der Waals surface area contributed by atoms with Gasteiger partial charge in [0.2, 0.25) is 0 Å². The number of benzene rings is 3. The van der Waals surface area contributed by atoms with Crippen LogP contribution in [0.15, 0.2) is 59.0 Å². The molecule has 3 aliphatic rings. The number of carboxylic acid groups (broad SMARTS) is 2. The Morgan fingerprint density at radius 3 is 2.32 bits per heavy atom. The molecule has 0 bridgehead atoms. The molecule has 2 aromatic rings. The molecule has 2 aromatic carbocycles. The first-order chi connectivity index (χ1) is 17.6. The second kappa shape index (κ2) is 8.75. The second-order valence-electron chi connectivity index (χ2n) is 9.26. The highest BCUT2D eigenvalue weighted by atomic mass is 16.4. The number of hydrogen-bond acceptors (Lipinski definition) is 7. The molecule has 37 heavy (non-hydrogen) atoms. The summed E-state index contributed by atoms with van der Waals surface area (Å²) in [5.41, 5.74) is 13.0. The Morgan fingerprint density at radius 1 is 0.946 bits per heavy atom. The van der Waals surface area contributed by atoms with Crippen LogP contribution in [0.2, 0.25) is 0 Å². The van der Waals surface area contributed by atoms with E-state index in [1.165, 1.54) is 11.0 Å². The Hall–Kier alpha value is -4.70. The van der Waals surface area contributed by atoms with Gasteiger partial charge in [0, 0.05) is 53.0 Å². The van der Waals surface area contributed by atoms with Gasteiger partial charge in [0.15, 0.2) is 0 Å². The first-order valence-electron chi connectivity index (χ1n) is 11.6. The van der Waals surface area contributed by atoms with Crippen molar-refractivity contribution in [3.63, 3.8) is 0 Å². The van der Waals surface area contributed by atoms with E-state index in [0.29, 0.717) is 39.1 Å². The molecule has 7 N–H and O–H groups in total. The Labute approximate surface area is 210 Å². The molecule has 0 unspecified atom stereocenters. The van der Waals surface area contributed by atoms with E-state index in [1.54, 1.807) is 48.5 Å². The molecule has 0 aromatic heterocycles. The van der Waals surface area contributed by atoms with Gasteiger partial charge in [0.05, 0.1) is 10.9 Å². The van der Waals surface area contributed by atoms with Crippen molar-refractivity contribution in [1.29, 1.82) is 5.41 Å². The van der Waals surface area contributed by atoms with Gasteiger partial charge in [-0.2, -0.15) is 0 Å². The molecular formula is C27H24N4O6. The molecule has 0 spiro atoms. The number of carboxylic acids is 2. The van der Waals surface area contributed by atoms with E-state index in [0.717, 1.165) is 0 Å². The summed E-state index contributed by atoms with van der Waals surface area (Å²) in [6.45, 7) is 0.302. The number of fused-ring (bicyclic) bond motifs is 2. The third-order valence-electron chi connectivity index (χ3n) is 6.88. The van der Waals surface area contributed by atoms with Gasteiger partial charge in [-0.05, 0) is 54.8 Å². The van der Waals surface area contributed by atoms with E-state index in [-0.39, 0.29) is 42.4 Å². The highest BCUT2D eigenvalue weighted by Crippen LogP contribution is 2.41. The van der Waals surface area contributed by atoms with Gasteiger partial charge < -0.3 is 36.4 Å². The number of carbonyl (C=O) groups is 3. The number of hydrogen-bond donors (Lipinski definition) is 5. The average molecular weight is 501 g/mol. The predicted octanol–water partition coefficient (Wildman–Crippen LogP) is 2.98. The second-order valence-corrected chi connectivity index (χ2v) is 9.26. The first-order valence-corrected chi connectivity index (χ1v) is 11.6. The van der Waals surface area contributed by atoms with Crippen molar-refractivity contribution >= 4 is 34.5 Å². The van der Waals surface area contributed by atoms with Crippen molar-refractivity contribution in [1.82, 2.24) is 4.90 Å². The number of rotatable bonds is 4. The fourth-order valence-corrected chi connectivity index (χ4v) is 4.77. The van der Waals surface area contributed by atoms with Crippen molar-refractivity contribution in [2.45, 2.75) is 18.4 Å². The minimum absolute atomic E-state index is 0.0813. The summed E-state index contributed by atoms with van der Waals surface area (Å²) in [6.07, 6.45) is 0.203. The fourth-order valence-electron chi connectivity index (χ4n) is 4.77. The van der Waals surface area contributed by atoms with E-state index in [4.69, 9.17) is 21.3 Å². The Balaban J connectivity index is 1.62. The number of nitrogens with zero attached hydrogens (tertiary/aromatic N) is 1. The maximum atomic E-state index is 13.2. The third kappa shape index (κ3) is 4.17. The van der Waals surface area contributed by atoms with Crippen molar-refractivity contribution in [3.8, 4) is 22.5 Å². The van der Waals surface area contributed by atoms with Crippen LogP contribution in [-0.2, 0) is 4.79 Å². The third-order valence-corrected chi connectivity index (χ3v) is 6.88. The largest absolute Gasteiger partial charge is 0.480 e. The molecule has 10 heteroatoms. The number of aliphatic carboxylic acids is 1. The summed E-state index contributed by atoms with van der Waals surface area (Å²) in [5, 5.41) is 28.3. The van der Waals surface area contributed by atoms with Crippen LogP contribution in [0.1, 0.15) is 33.6 Å². The molecule has 0 atom stereocenters. The molecule has 1 aliphatic carbocycles. The number of aromatic carboxylic acids is 1. The average Bonchev–Trinajstić information content (AvgIpc) is 2.86. The highest BCUT2D eigenvalue weighted by Gasteiger charge is 2.39. The molecule has 10 nitrogen and oxygen atoms in total. The number of carbonyl (C=O) groups excluding carboxylic acids is 1. The van der Waals surface area contributed by atoms with Crippen LogP contribution in [0.5, 0.6) is 0 Å². The normalized spacial score (nSPS) is 15.1. The maximum absolute atomic E-state index is 13.2. The molecule has 188 valence electrons. The van der Waals surface area contributed by atoms with Crippen molar-refractivity contribution in [2.24, 2.45) is 5.73 Å². The van der Waals surface area contributed by atoms with Crippen LogP contribution < -0.4 is 16.8 Å². The van der Waals surface area contributed by atoms with E-state index in [2.05, 4.69) is 0 Å². The van der Waals surface area contributed by atoms with Gasteiger partial charge in [0.1, 0.15) is 16.9 Å². The fraction of sp³-hybridized carbons (Fsp3) is 0.185. The number of amides is 1. The van der Waals surface area contributed by atoms with Crippen molar-refractivity contribution < 1.29 is 29.0 Å². The zero-order valence-corrected chi connectivity index (χ0v) is 19.7. The topological polar surface area (TPSA) is 184 Å². The van der Waals surface area contributed by atoms with Gasteiger partial charge in [-0.3, -0.25) is 9.59 Å². The van der Waals surface area contributed by atoms with E-state index >= 15 is 0 Å². The Kier molecular flexibility index (Phi) is 5.68. The SMILES string of the molecule is N=c1ccc2c(-c3ccc(C(=O)N4CCC(N)(C(=O)O)CC4)cc3C(=O)O)c3ccc(N)cc3oc-2c1. The van der Waals surface area contributed by atoms with Crippen LogP contribution in [-0.4, -0.2) is 51.6 Å². The number of nitrogen functional groups attached to an aromatic ring is 1. The molecule has 5 rings (SSSR count). The lowest BCUT2D eigenvalue weighted by Gasteiger charge is -2.36. The van der Waals surface area contributed by atoms with Crippen LogP contribution in [0, 0.1) is 5.41 Å². The van der Waals surface area contributed by atoms with Crippen LogP contribution in [0.3, 0.4) is 0 Å². The number of anilines is 1. The van der Waals surface area contributed by atoms with Crippen LogP contribution >= 0.6 is 0 Å². The van der Waals surface area contributed by atoms with E-state index in [9.17, 15) is 24.6 Å². The van der Waals surface area contributed by atoms with Gasteiger partial charge in [0.25, 0.3) is 5.91 Å². The lowest BCUT2D eigenvalue weighted by Crippen LogP contribution is -2.56. The van der Waals surface area contributed by atoms with Gasteiger partial charge in [-0.15, -0.1) is 0 Å². The summed E-state index contributed by atoms with van der Waals surface area (Å²) >= 11 is 0. The summed E-state index contributed by atoms with van der Waals surface area (Å²) in [5.74, 6) is -2.32. The maximum Gasteiger partial charge on any atom is 0.336 e. The zero-order chi connectivity index (χ0) is 26.5. The molecular weight excluding hydrogens is 476 g/mol. The standard InChI is InChI=1S/C27H24N4O6/c28-15-2-5-18-21(12-15)37-22-13-16(29)3-6-19(22)23(18)17-4-1-14(11-20(17)25(33)34)24(32)31-9-7-27(30,8-10-31)26(35)36/h1-6,11-13,28H,7-10,29-30H2,(H,33,34)(H,35,36). The lowest BCUT2D eigenvalue weighted by molar-refractivity contribution is -0.145. The summed E-state index contributed by atoms with van der Waals surface area (Å²) in [6, 6.07) is 14.4. The zero-order valence-electron chi connectivity index (χ0n) is 19.7. The lowest BCUT2D eigenvalue weighted by atomic mass is 9.88. The number of likely N-dealkylation sites (tertiary alicyclic amines) is 1. The highest BCUT2D eigenvalue weighted by molar-refractivity contribution is 6.09. The van der Waals surface area contributed by atoms with Crippen molar-refractivity contribution in [2.75, 3.05) is 18.8 Å². The van der Waals surface area contributed by atoms with Crippen LogP contribution in [0.25, 0.3) is 33.4 Å².